The SMILES string of the molecule is COC1C=CC(B2OC(C)(C)C(C)(C)O2)=C2C=CN(C(=O)O)C21. The molecule has 1 saturated heterocycles. The number of hydrogen-bond acceptors (Lipinski definition) is 4. The lowest BCUT2D eigenvalue weighted by molar-refractivity contribution is 0.00578. The molecule has 1 N–H and O–H groups in total. The summed E-state index contributed by atoms with van der Waals surface area (Å²) in [5.41, 5.74) is 0.824. The van der Waals surface area contributed by atoms with Crippen LogP contribution in [-0.2, 0) is 14.0 Å². The Bertz CT molecular complexity index is 606. The van der Waals surface area contributed by atoms with Crippen LogP contribution in [0.3, 0.4) is 0 Å². The summed E-state index contributed by atoms with van der Waals surface area (Å²) in [5.74, 6) is 0. The molecule has 0 radical (unpaired) electrons. The lowest BCUT2D eigenvalue weighted by atomic mass is 9.71. The van der Waals surface area contributed by atoms with Crippen LogP contribution in [0.1, 0.15) is 27.7 Å². The average Bonchev–Trinajstić information content (AvgIpc) is 2.97. The summed E-state index contributed by atoms with van der Waals surface area (Å²) in [6.45, 7) is 7.98. The van der Waals surface area contributed by atoms with Crippen molar-refractivity contribution in [2.24, 2.45) is 0 Å². The molecule has 2 heterocycles. The molecule has 0 aromatic carbocycles. The highest BCUT2D eigenvalue weighted by Crippen LogP contribution is 2.42. The van der Waals surface area contributed by atoms with E-state index >= 15 is 0 Å². The number of ether oxygens (including phenoxy) is 1. The highest BCUT2D eigenvalue weighted by Gasteiger charge is 2.54. The Morgan fingerprint density at radius 1 is 1.26 bits per heavy atom. The van der Waals surface area contributed by atoms with Crippen molar-refractivity contribution in [1.29, 1.82) is 0 Å². The van der Waals surface area contributed by atoms with Gasteiger partial charge in [-0.1, -0.05) is 12.2 Å². The zero-order chi connectivity index (χ0) is 17.0. The van der Waals surface area contributed by atoms with Crippen LogP contribution < -0.4 is 0 Å². The molecular formula is C16H22BNO5. The zero-order valence-electron chi connectivity index (χ0n) is 14.1. The van der Waals surface area contributed by atoms with Gasteiger partial charge in [0, 0.05) is 13.3 Å². The molecule has 3 aliphatic rings. The first-order valence-electron chi connectivity index (χ1n) is 7.68. The van der Waals surface area contributed by atoms with E-state index in [1.54, 1.807) is 19.4 Å². The molecular weight excluding hydrogens is 297 g/mol. The molecule has 0 aromatic heterocycles. The van der Waals surface area contributed by atoms with Crippen molar-refractivity contribution < 1.29 is 23.9 Å². The summed E-state index contributed by atoms with van der Waals surface area (Å²) >= 11 is 0. The van der Waals surface area contributed by atoms with E-state index in [1.807, 2.05) is 39.8 Å². The maximum absolute atomic E-state index is 11.5. The Morgan fingerprint density at radius 3 is 2.39 bits per heavy atom. The average molecular weight is 319 g/mol. The molecule has 1 aliphatic carbocycles. The van der Waals surface area contributed by atoms with E-state index in [1.165, 1.54) is 4.90 Å². The first kappa shape index (κ1) is 16.3. The molecule has 1 fully saturated rings. The maximum Gasteiger partial charge on any atom is 0.495 e. The lowest BCUT2D eigenvalue weighted by Crippen LogP contribution is -2.44. The monoisotopic (exact) mass is 319 g/mol. The summed E-state index contributed by atoms with van der Waals surface area (Å²) in [7, 11) is 1.05. The highest BCUT2D eigenvalue weighted by atomic mass is 16.7. The molecule has 2 aliphatic heterocycles. The summed E-state index contributed by atoms with van der Waals surface area (Å²) in [6.07, 6.45) is 5.80. The van der Waals surface area contributed by atoms with Gasteiger partial charge in [0.05, 0.1) is 17.2 Å². The normalized spacial score (nSPS) is 31.0. The smallest absolute Gasteiger partial charge is 0.465 e. The predicted octanol–water partition coefficient (Wildman–Crippen LogP) is 2.38. The number of carboxylic acid groups (broad SMARTS) is 1. The second-order valence-corrected chi connectivity index (χ2v) is 7.01. The summed E-state index contributed by atoms with van der Waals surface area (Å²) in [4.78, 5) is 12.7. The van der Waals surface area contributed by atoms with Gasteiger partial charge in [0.15, 0.2) is 0 Å². The molecule has 124 valence electrons. The number of carbonyl (C=O) groups is 1. The molecule has 7 heteroatoms. The van der Waals surface area contributed by atoms with Gasteiger partial charge in [-0.2, -0.15) is 0 Å². The highest BCUT2D eigenvalue weighted by molar-refractivity contribution is 6.56. The molecule has 0 spiro atoms. The second-order valence-electron chi connectivity index (χ2n) is 7.01. The van der Waals surface area contributed by atoms with Crippen LogP contribution in [0.5, 0.6) is 0 Å². The largest absolute Gasteiger partial charge is 0.495 e. The van der Waals surface area contributed by atoms with Crippen LogP contribution in [0.15, 0.2) is 35.5 Å². The molecule has 23 heavy (non-hydrogen) atoms. The number of nitrogens with zero attached hydrogens (tertiary/aromatic N) is 1. The number of hydrogen-bond donors (Lipinski definition) is 1. The van der Waals surface area contributed by atoms with Crippen LogP contribution in [0.25, 0.3) is 0 Å². The molecule has 0 aromatic rings. The van der Waals surface area contributed by atoms with Crippen molar-refractivity contribution >= 4 is 13.2 Å². The van der Waals surface area contributed by atoms with Crippen molar-refractivity contribution in [3.05, 3.63) is 35.5 Å². The minimum atomic E-state index is -1.01. The Hall–Kier alpha value is -1.57. The quantitative estimate of drug-likeness (QED) is 0.792. The van der Waals surface area contributed by atoms with Crippen molar-refractivity contribution in [1.82, 2.24) is 4.90 Å². The van der Waals surface area contributed by atoms with E-state index < -0.39 is 30.5 Å². The lowest BCUT2D eigenvalue weighted by Gasteiger charge is -2.32. The molecule has 6 nitrogen and oxygen atoms in total. The second kappa shape index (κ2) is 5.23. The van der Waals surface area contributed by atoms with Crippen LogP contribution in [0, 0.1) is 0 Å². The predicted molar refractivity (Wildman–Crippen MR) is 85.8 cm³/mol. The summed E-state index contributed by atoms with van der Waals surface area (Å²) in [5, 5.41) is 9.39. The van der Waals surface area contributed by atoms with E-state index in [4.69, 9.17) is 14.0 Å². The first-order chi connectivity index (χ1) is 10.7. The van der Waals surface area contributed by atoms with Crippen molar-refractivity contribution in [2.45, 2.75) is 51.0 Å². The van der Waals surface area contributed by atoms with Gasteiger partial charge in [0.2, 0.25) is 0 Å². The maximum atomic E-state index is 11.5. The van der Waals surface area contributed by atoms with E-state index in [-0.39, 0.29) is 6.10 Å². The topological polar surface area (TPSA) is 68.2 Å². The Kier molecular flexibility index (Phi) is 3.70. The van der Waals surface area contributed by atoms with Crippen molar-refractivity contribution in [2.75, 3.05) is 7.11 Å². The van der Waals surface area contributed by atoms with Crippen molar-refractivity contribution in [3.63, 3.8) is 0 Å². The van der Waals surface area contributed by atoms with Gasteiger partial charge in [0.25, 0.3) is 0 Å². The van der Waals surface area contributed by atoms with Crippen molar-refractivity contribution in [3.8, 4) is 0 Å². The third-order valence-corrected chi connectivity index (χ3v) is 5.14. The minimum absolute atomic E-state index is 0.331. The fourth-order valence-electron chi connectivity index (χ4n) is 3.08. The van der Waals surface area contributed by atoms with Gasteiger partial charge in [-0.3, -0.25) is 4.90 Å². The number of amides is 1. The van der Waals surface area contributed by atoms with E-state index in [9.17, 15) is 9.90 Å². The molecule has 0 bridgehead atoms. The minimum Gasteiger partial charge on any atom is -0.465 e. The van der Waals surface area contributed by atoms with Crippen LogP contribution in [0.2, 0.25) is 0 Å². The fraction of sp³-hybridized carbons (Fsp3) is 0.562. The van der Waals surface area contributed by atoms with Crippen LogP contribution in [0.4, 0.5) is 4.79 Å². The van der Waals surface area contributed by atoms with Gasteiger partial charge in [0.1, 0.15) is 6.10 Å². The van der Waals surface area contributed by atoms with Gasteiger partial charge in [-0.15, -0.1) is 0 Å². The Labute approximate surface area is 136 Å². The van der Waals surface area contributed by atoms with Crippen LogP contribution in [-0.4, -0.2) is 53.7 Å². The third kappa shape index (κ3) is 2.43. The molecule has 3 rings (SSSR count). The Morgan fingerprint density at radius 2 is 1.87 bits per heavy atom. The number of methoxy groups -OCH3 is 1. The van der Waals surface area contributed by atoms with E-state index in [2.05, 4.69) is 0 Å². The molecule has 2 atom stereocenters. The molecule has 0 saturated carbocycles. The van der Waals surface area contributed by atoms with Gasteiger partial charge in [-0.25, -0.2) is 4.79 Å². The summed E-state index contributed by atoms with van der Waals surface area (Å²) < 4.78 is 17.6. The Balaban J connectivity index is 1.98. The zero-order valence-corrected chi connectivity index (χ0v) is 14.1. The van der Waals surface area contributed by atoms with Gasteiger partial charge in [-0.05, 0) is 44.8 Å². The van der Waals surface area contributed by atoms with Crippen LogP contribution >= 0.6 is 0 Å². The molecule has 2 unspecified atom stereocenters. The number of fused-ring (bicyclic) bond motifs is 1. The van der Waals surface area contributed by atoms with E-state index in [0.717, 1.165) is 11.0 Å². The third-order valence-electron chi connectivity index (χ3n) is 5.14. The van der Waals surface area contributed by atoms with Gasteiger partial charge >= 0.3 is 13.2 Å². The standard InChI is InChI=1S/C16H22BNO5/c1-15(2)16(3,4)23-17(22-15)11-6-7-12(21-5)13-10(11)8-9-18(13)14(19)20/h6-9,12-13H,1-5H3,(H,19,20). The first-order valence-corrected chi connectivity index (χ1v) is 7.68. The summed E-state index contributed by atoms with van der Waals surface area (Å²) in [6, 6.07) is -0.406. The van der Waals surface area contributed by atoms with E-state index in [0.29, 0.717) is 0 Å². The molecule has 1 amide bonds. The van der Waals surface area contributed by atoms with Gasteiger partial charge < -0.3 is 19.2 Å². The fourth-order valence-corrected chi connectivity index (χ4v) is 3.08. The number of rotatable bonds is 2. The number of allylic oxidation sites excluding steroid dienone is 2.